The normalized spacial score (nSPS) is 11.1. The molecule has 3 heterocycles. The number of hydrogen-bond donors (Lipinski definition) is 0. The van der Waals surface area contributed by atoms with E-state index in [1.54, 1.807) is 0 Å². The molecule has 0 bridgehead atoms. The molecule has 7 heteroatoms. The number of aromatic nitrogens is 7. The fourth-order valence-corrected chi connectivity index (χ4v) is 2.43. The molecule has 0 saturated carbocycles. The predicted octanol–water partition coefficient (Wildman–Crippen LogP) is 1.59. The van der Waals surface area contributed by atoms with E-state index in [9.17, 15) is 0 Å². The number of rotatable bonds is 4. The molecule has 0 fully saturated rings. The van der Waals surface area contributed by atoms with Gasteiger partial charge in [0.1, 0.15) is 23.3 Å². The Labute approximate surface area is 129 Å². The zero-order valence-corrected chi connectivity index (χ0v) is 13.3. The van der Waals surface area contributed by atoms with Crippen molar-refractivity contribution in [2.24, 2.45) is 0 Å². The standard InChI is InChI=1S/C15H19N7/c1-10-16-12(3)21(19-10)8-14-6-5-7-15(18-14)9-22-13(4)17-11(2)20-22/h5-7H,8-9H2,1-4H3. The Morgan fingerprint density at radius 1 is 0.727 bits per heavy atom. The molecule has 7 nitrogen and oxygen atoms in total. The highest BCUT2D eigenvalue weighted by molar-refractivity contribution is 5.12. The van der Waals surface area contributed by atoms with Crippen LogP contribution in [0.15, 0.2) is 18.2 Å². The van der Waals surface area contributed by atoms with E-state index in [4.69, 9.17) is 0 Å². The Balaban J connectivity index is 1.80. The van der Waals surface area contributed by atoms with E-state index in [0.717, 1.165) is 34.7 Å². The summed E-state index contributed by atoms with van der Waals surface area (Å²) in [7, 11) is 0. The van der Waals surface area contributed by atoms with Gasteiger partial charge in [-0.2, -0.15) is 10.2 Å². The molecule has 3 aromatic heterocycles. The van der Waals surface area contributed by atoms with Gasteiger partial charge in [0.05, 0.1) is 24.5 Å². The molecule has 0 spiro atoms. The lowest BCUT2D eigenvalue weighted by Crippen LogP contribution is -2.10. The smallest absolute Gasteiger partial charge is 0.147 e. The van der Waals surface area contributed by atoms with Crippen molar-refractivity contribution in [1.82, 2.24) is 34.5 Å². The molecule has 0 aliphatic heterocycles. The molecule has 0 radical (unpaired) electrons. The average molecular weight is 297 g/mol. The molecule has 0 N–H and O–H groups in total. The van der Waals surface area contributed by atoms with Crippen LogP contribution in [0.4, 0.5) is 0 Å². The maximum atomic E-state index is 4.69. The molecule has 3 rings (SSSR count). The minimum absolute atomic E-state index is 0.621. The van der Waals surface area contributed by atoms with Crippen molar-refractivity contribution in [3.8, 4) is 0 Å². The summed E-state index contributed by atoms with van der Waals surface area (Å²) in [5.41, 5.74) is 1.92. The molecule has 0 aliphatic rings. The SMILES string of the molecule is Cc1nc(C)n(Cc2cccc(Cn3nc(C)nc3C)n2)n1. The highest BCUT2D eigenvalue weighted by Crippen LogP contribution is 2.07. The van der Waals surface area contributed by atoms with Crippen LogP contribution in [-0.2, 0) is 13.1 Å². The molecule has 0 unspecified atom stereocenters. The summed E-state index contributed by atoms with van der Waals surface area (Å²) in [6.07, 6.45) is 0. The quantitative estimate of drug-likeness (QED) is 0.731. The summed E-state index contributed by atoms with van der Waals surface area (Å²) in [6.45, 7) is 8.93. The van der Waals surface area contributed by atoms with E-state index in [1.807, 2.05) is 55.3 Å². The lowest BCUT2D eigenvalue weighted by atomic mass is 10.3. The topological polar surface area (TPSA) is 74.3 Å². The number of nitrogens with zero attached hydrogens (tertiary/aromatic N) is 7. The predicted molar refractivity (Wildman–Crippen MR) is 81.4 cm³/mol. The molecule has 3 aromatic rings. The summed E-state index contributed by atoms with van der Waals surface area (Å²) in [6, 6.07) is 6.01. The van der Waals surface area contributed by atoms with Crippen LogP contribution in [-0.4, -0.2) is 34.5 Å². The van der Waals surface area contributed by atoms with Gasteiger partial charge in [0.25, 0.3) is 0 Å². The highest BCUT2D eigenvalue weighted by atomic mass is 15.4. The first kappa shape index (κ1) is 14.4. The van der Waals surface area contributed by atoms with E-state index >= 15 is 0 Å². The number of pyridine rings is 1. The minimum Gasteiger partial charge on any atom is -0.254 e. The van der Waals surface area contributed by atoms with Gasteiger partial charge < -0.3 is 0 Å². The van der Waals surface area contributed by atoms with Crippen LogP contribution < -0.4 is 0 Å². The summed E-state index contributed by atoms with van der Waals surface area (Å²) >= 11 is 0. The van der Waals surface area contributed by atoms with Crippen molar-refractivity contribution in [2.75, 3.05) is 0 Å². The van der Waals surface area contributed by atoms with Crippen molar-refractivity contribution < 1.29 is 0 Å². The van der Waals surface area contributed by atoms with E-state index in [-0.39, 0.29) is 0 Å². The highest BCUT2D eigenvalue weighted by Gasteiger charge is 2.07. The summed E-state index contributed by atoms with van der Waals surface area (Å²) < 4.78 is 3.73. The summed E-state index contributed by atoms with van der Waals surface area (Å²) in [5.74, 6) is 3.35. The summed E-state index contributed by atoms with van der Waals surface area (Å²) in [5, 5.41) is 8.75. The third-order valence-electron chi connectivity index (χ3n) is 3.41. The fraction of sp³-hybridized carbons (Fsp3) is 0.400. The van der Waals surface area contributed by atoms with Crippen LogP contribution in [0.2, 0.25) is 0 Å². The molecular formula is C15H19N7. The first-order chi connectivity index (χ1) is 10.5. The Kier molecular flexibility index (Phi) is 3.70. The second-order valence-electron chi connectivity index (χ2n) is 5.35. The van der Waals surface area contributed by atoms with Gasteiger partial charge in [0.15, 0.2) is 0 Å². The van der Waals surface area contributed by atoms with Crippen molar-refractivity contribution in [2.45, 2.75) is 40.8 Å². The van der Waals surface area contributed by atoms with Gasteiger partial charge in [0.2, 0.25) is 0 Å². The van der Waals surface area contributed by atoms with E-state index in [2.05, 4.69) is 25.1 Å². The number of hydrogen-bond acceptors (Lipinski definition) is 5. The van der Waals surface area contributed by atoms with Gasteiger partial charge in [-0.25, -0.2) is 19.3 Å². The van der Waals surface area contributed by atoms with E-state index < -0.39 is 0 Å². The van der Waals surface area contributed by atoms with Gasteiger partial charge in [0, 0.05) is 0 Å². The van der Waals surface area contributed by atoms with Gasteiger partial charge in [-0.3, -0.25) is 4.98 Å². The maximum Gasteiger partial charge on any atom is 0.147 e. The molecule has 22 heavy (non-hydrogen) atoms. The fourth-order valence-electron chi connectivity index (χ4n) is 2.43. The van der Waals surface area contributed by atoms with Gasteiger partial charge in [-0.15, -0.1) is 0 Å². The lowest BCUT2D eigenvalue weighted by molar-refractivity contribution is 0.622. The minimum atomic E-state index is 0.621. The van der Waals surface area contributed by atoms with Crippen molar-refractivity contribution in [3.63, 3.8) is 0 Å². The van der Waals surface area contributed by atoms with Crippen LogP contribution in [0.1, 0.15) is 34.7 Å². The van der Waals surface area contributed by atoms with Crippen LogP contribution in [0.3, 0.4) is 0 Å². The van der Waals surface area contributed by atoms with Gasteiger partial charge >= 0.3 is 0 Å². The first-order valence-corrected chi connectivity index (χ1v) is 7.22. The van der Waals surface area contributed by atoms with Gasteiger partial charge in [-0.05, 0) is 39.8 Å². The molecule has 0 atom stereocenters. The Bertz CT molecular complexity index is 737. The average Bonchev–Trinajstić information content (AvgIpc) is 2.92. The van der Waals surface area contributed by atoms with Crippen LogP contribution in [0, 0.1) is 27.7 Å². The van der Waals surface area contributed by atoms with Crippen LogP contribution >= 0.6 is 0 Å². The lowest BCUT2D eigenvalue weighted by Gasteiger charge is -2.06. The van der Waals surface area contributed by atoms with Crippen molar-refractivity contribution in [1.29, 1.82) is 0 Å². The third-order valence-corrected chi connectivity index (χ3v) is 3.41. The largest absolute Gasteiger partial charge is 0.254 e. The number of aryl methyl sites for hydroxylation is 4. The van der Waals surface area contributed by atoms with Crippen LogP contribution in [0.5, 0.6) is 0 Å². The van der Waals surface area contributed by atoms with Crippen molar-refractivity contribution in [3.05, 3.63) is 52.9 Å². The zero-order chi connectivity index (χ0) is 15.7. The first-order valence-electron chi connectivity index (χ1n) is 7.22. The van der Waals surface area contributed by atoms with E-state index in [1.165, 1.54) is 0 Å². The molecule has 114 valence electrons. The molecule has 0 aliphatic carbocycles. The Morgan fingerprint density at radius 3 is 1.55 bits per heavy atom. The van der Waals surface area contributed by atoms with E-state index in [0.29, 0.717) is 13.1 Å². The molecule has 0 aromatic carbocycles. The molecule has 0 saturated heterocycles. The zero-order valence-electron chi connectivity index (χ0n) is 13.3. The Morgan fingerprint density at radius 2 is 1.18 bits per heavy atom. The van der Waals surface area contributed by atoms with Crippen molar-refractivity contribution >= 4 is 0 Å². The molecule has 0 amide bonds. The van der Waals surface area contributed by atoms with Crippen LogP contribution in [0.25, 0.3) is 0 Å². The Hall–Kier alpha value is -2.57. The summed E-state index contributed by atoms with van der Waals surface area (Å²) in [4.78, 5) is 13.3. The van der Waals surface area contributed by atoms with Gasteiger partial charge in [-0.1, -0.05) is 6.07 Å². The molecular weight excluding hydrogens is 278 g/mol. The second-order valence-corrected chi connectivity index (χ2v) is 5.35. The third kappa shape index (κ3) is 3.03. The maximum absolute atomic E-state index is 4.69. The second kappa shape index (κ2) is 5.67. The monoisotopic (exact) mass is 297 g/mol.